The molecule has 1 aromatic carbocycles. The lowest BCUT2D eigenvalue weighted by Crippen LogP contribution is -2.24. The standard InChI is InChI=1S/C13H14FNO3/c1-18-13(17)7-8-15-12(16)6-5-10-3-2-4-11(14)9-10/h2-6,9H,7-8H2,1H3,(H,15,16). The van der Waals surface area contributed by atoms with Gasteiger partial charge in [-0.1, -0.05) is 12.1 Å². The van der Waals surface area contributed by atoms with Gasteiger partial charge in [-0.2, -0.15) is 0 Å². The van der Waals surface area contributed by atoms with Crippen LogP contribution in [0.4, 0.5) is 4.39 Å². The SMILES string of the molecule is COC(=O)CCNC(=O)C=Cc1cccc(F)c1. The molecule has 0 atom stereocenters. The Labute approximate surface area is 104 Å². The fraction of sp³-hybridized carbons (Fsp3) is 0.231. The van der Waals surface area contributed by atoms with Crippen molar-refractivity contribution in [1.29, 1.82) is 0 Å². The molecule has 0 spiro atoms. The van der Waals surface area contributed by atoms with Gasteiger partial charge in [-0.25, -0.2) is 4.39 Å². The molecule has 96 valence electrons. The fourth-order valence-corrected chi connectivity index (χ4v) is 1.23. The Morgan fingerprint density at radius 2 is 2.22 bits per heavy atom. The van der Waals surface area contributed by atoms with Gasteiger partial charge < -0.3 is 10.1 Å². The second-order valence-corrected chi connectivity index (χ2v) is 3.51. The Hall–Kier alpha value is -2.17. The number of esters is 1. The minimum atomic E-state index is -0.385. The fourth-order valence-electron chi connectivity index (χ4n) is 1.23. The molecule has 0 saturated heterocycles. The molecule has 0 aliphatic heterocycles. The van der Waals surface area contributed by atoms with Crippen molar-refractivity contribution in [2.24, 2.45) is 0 Å². The second kappa shape index (κ2) is 7.21. The van der Waals surface area contributed by atoms with Crippen LogP contribution in [-0.4, -0.2) is 25.5 Å². The first-order valence-corrected chi connectivity index (χ1v) is 5.40. The smallest absolute Gasteiger partial charge is 0.307 e. The number of nitrogens with one attached hydrogen (secondary N) is 1. The summed E-state index contributed by atoms with van der Waals surface area (Å²) in [5.74, 6) is -1.09. The summed E-state index contributed by atoms with van der Waals surface area (Å²) < 4.78 is 17.3. The maximum atomic E-state index is 12.8. The largest absolute Gasteiger partial charge is 0.469 e. The van der Waals surface area contributed by atoms with Crippen molar-refractivity contribution in [1.82, 2.24) is 5.32 Å². The molecule has 0 fully saturated rings. The molecule has 18 heavy (non-hydrogen) atoms. The van der Waals surface area contributed by atoms with Gasteiger partial charge >= 0.3 is 5.97 Å². The van der Waals surface area contributed by atoms with Crippen LogP contribution in [0, 0.1) is 5.82 Å². The zero-order valence-electron chi connectivity index (χ0n) is 9.98. The minimum absolute atomic E-state index is 0.121. The molecular formula is C13H14FNO3. The van der Waals surface area contributed by atoms with Crippen molar-refractivity contribution < 1.29 is 18.7 Å². The van der Waals surface area contributed by atoms with Gasteiger partial charge in [0.1, 0.15) is 5.82 Å². The molecule has 0 radical (unpaired) electrons. The molecule has 4 nitrogen and oxygen atoms in total. The Bertz CT molecular complexity index is 457. The van der Waals surface area contributed by atoms with Gasteiger partial charge in [0.15, 0.2) is 0 Å². The summed E-state index contributed by atoms with van der Waals surface area (Å²) in [6, 6.07) is 5.89. The first-order valence-electron chi connectivity index (χ1n) is 5.40. The third-order valence-corrected chi connectivity index (χ3v) is 2.13. The first kappa shape index (κ1) is 13.9. The van der Waals surface area contributed by atoms with Crippen molar-refractivity contribution in [2.45, 2.75) is 6.42 Å². The number of benzene rings is 1. The van der Waals surface area contributed by atoms with Crippen LogP contribution >= 0.6 is 0 Å². The molecule has 1 N–H and O–H groups in total. The molecule has 1 aromatic rings. The van der Waals surface area contributed by atoms with Crippen LogP contribution in [0.5, 0.6) is 0 Å². The Balaban J connectivity index is 2.38. The number of ether oxygens (including phenoxy) is 1. The van der Waals surface area contributed by atoms with Gasteiger partial charge in [0.2, 0.25) is 5.91 Å². The molecule has 0 aliphatic rings. The number of halogens is 1. The average molecular weight is 251 g/mol. The minimum Gasteiger partial charge on any atom is -0.469 e. The Morgan fingerprint density at radius 3 is 2.89 bits per heavy atom. The lowest BCUT2D eigenvalue weighted by molar-refractivity contribution is -0.140. The van der Waals surface area contributed by atoms with E-state index in [-0.39, 0.29) is 30.7 Å². The van der Waals surface area contributed by atoms with E-state index in [2.05, 4.69) is 10.1 Å². The number of hydrogen-bond acceptors (Lipinski definition) is 3. The van der Waals surface area contributed by atoms with Crippen LogP contribution in [0.1, 0.15) is 12.0 Å². The first-order chi connectivity index (χ1) is 8.61. The van der Waals surface area contributed by atoms with E-state index >= 15 is 0 Å². The maximum absolute atomic E-state index is 12.8. The zero-order valence-corrected chi connectivity index (χ0v) is 9.98. The molecule has 0 aromatic heterocycles. The summed E-state index contributed by atoms with van der Waals surface area (Å²) in [7, 11) is 1.29. The molecule has 1 rings (SSSR count). The van der Waals surface area contributed by atoms with Crippen molar-refractivity contribution >= 4 is 18.0 Å². The van der Waals surface area contributed by atoms with Crippen molar-refractivity contribution in [3.05, 3.63) is 41.7 Å². The summed E-state index contributed by atoms with van der Waals surface area (Å²) in [5.41, 5.74) is 0.595. The number of carbonyl (C=O) groups excluding carboxylic acids is 2. The summed E-state index contributed by atoms with van der Waals surface area (Å²) in [5, 5.41) is 2.51. The normalized spacial score (nSPS) is 10.3. The van der Waals surface area contributed by atoms with Crippen LogP contribution in [-0.2, 0) is 14.3 Å². The van der Waals surface area contributed by atoms with Crippen LogP contribution in [0.15, 0.2) is 30.3 Å². The highest BCUT2D eigenvalue weighted by Gasteiger charge is 2.00. The molecule has 0 bridgehead atoms. The molecule has 0 aliphatic carbocycles. The van der Waals surface area contributed by atoms with E-state index in [4.69, 9.17) is 0 Å². The van der Waals surface area contributed by atoms with Gasteiger partial charge in [0.25, 0.3) is 0 Å². The zero-order chi connectivity index (χ0) is 13.4. The number of amides is 1. The number of carbonyl (C=O) groups is 2. The molecule has 1 amide bonds. The number of methoxy groups -OCH3 is 1. The Kier molecular flexibility index (Phi) is 5.57. The van der Waals surface area contributed by atoms with Crippen molar-refractivity contribution in [3.63, 3.8) is 0 Å². The van der Waals surface area contributed by atoms with Gasteiger partial charge in [-0.3, -0.25) is 9.59 Å². The van der Waals surface area contributed by atoms with Crippen LogP contribution < -0.4 is 5.32 Å². The van der Waals surface area contributed by atoms with E-state index in [0.717, 1.165) is 0 Å². The second-order valence-electron chi connectivity index (χ2n) is 3.51. The maximum Gasteiger partial charge on any atom is 0.307 e. The molecule has 0 saturated carbocycles. The van der Waals surface area contributed by atoms with E-state index in [1.165, 1.54) is 31.4 Å². The van der Waals surface area contributed by atoms with Crippen molar-refractivity contribution in [3.8, 4) is 0 Å². The van der Waals surface area contributed by atoms with E-state index in [1.54, 1.807) is 12.1 Å². The van der Waals surface area contributed by atoms with Crippen LogP contribution in [0.25, 0.3) is 6.08 Å². The number of rotatable bonds is 5. The third-order valence-electron chi connectivity index (χ3n) is 2.13. The van der Waals surface area contributed by atoms with Gasteiger partial charge in [0.05, 0.1) is 13.5 Å². The van der Waals surface area contributed by atoms with E-state index in [0.29, 0.717) is 5.56 Å². The van der Waals surface area contributed by atoms with Crippen LogP contribution in [0.3, 0.4) is 0 Å². The predicted octanol–water partition coefficient (Wildman–Crippen LogP) is 1.52. The summed E-state index contributed by atoms with van der Waals surface area (Å²) in [6.07, 6.45) is 2.90. The number of hydrogen-bond donors (Lipinski definition) is 1. The van der Waals surface area contributed by atoms with E-state index in [1.807, 2.05) is 0 Å². The van der Waals surface area contributed by atoms with Gasteiger partial charge in [-0.05, 0) is 23.8 Å². The van der Waals surface area contributed by atoms with E-state index < -0.39 is 0 Å². The monoisotopic (exact) mass is 251 g/mol. The van der Waals surface area contributed by atoms with E-state index in [9.17, 15) is 14.0 Å². The van der Waals surface area contributed by atoms with Crippen LogP contribution in [0.2, 0.25) is 0 Å². The van der Waals surface area contributed by atoms with Gasteiger partial charge in [0, 0.05) is 12.6 Å². The van der Waals surface area contributed by atoms with Gasteiger partial charge in [-0.15, -0.1) is 0 Å². The lowest BCUT2D eigenvalue weighted by Gasteiger charge is -2.00. The third kappa shape index (κ3) is 5.25. The van der Waals surface area contributed by atoms with Crippen molar-refractivity contribution in [2.75, 3.05) is 13.7 Å². The topological polar surface area (TPSA) is 55.4 Å². The predicted molar refractivity (Wildman–Crippen MR) is 65.1 cm³/mol. The Morgan fingerprint density at radius 1 is 1.44 bits per heavy atom. The average Bonchev–Trinajstić information content (AvgIpc) is 2.36. The lowest BCUT2D eigenvalue weighted by atomic mass is 10.2. The summed E-state index contributed by atoms with van der Waals surface area (Å²) in [4.78, 5) is 22.1. The highest BCUT2D eigenvalue weighted by atomic mass is 19.1. The molecule has 0 heterocycles. The summed E-state index contributed by atoms with van der Waals surface area (Å²) in [6.45, 7) is 0.207. The summed E-state index contributed by atoms with van der Waals surface area (Å²) >= 11 is 0. The highest BCUT2D eigenvalue weighted by molar-refractivity contribution is 5.91. The molecule has 0 unspecified atom stereocenters. The quantitative estimate of drug-likeness (QED) is 0.637. The molecular weight excluding hydrogens is 237 g/mol. The molecule has 5 heteroatoms. The highest BCUT2D eigenvalue weighted by Crippen LogP contribution is 2.04.